The highest BCUT2D eigenvalue weighted by Crippen LogP contribution is 1.81. The Bertz CT molecular complexity index is 11.2. The van der Waals surface area contributed by atoms with Gasteiger partial charge in [-0.3, -0.25) is 0 Å². The zero-order valence-electron chi connectivity index (χ0n) is 8.28. The molecule has 0 fully saturated rings. The minimum atomic E-state index is 0. The second kappa shape index (κ2) is 36.0. The summed E-state index contributed by atoms with van der Waals surface area (Å²) in [5.41, 5.74) is 0. The highest BCUT2D eigenvalue weighted by Gasteiger charge is 1.68. The van der Waals surface area contributed by atoms with Gasteiger partial charge in [-0.05, 0) is 5.92 Å². The van der Waals surface area contributed by atoms with Crippen LogP contribution in [0.3, 0.4) is 0 Å². The van der Waals surface area contributed by atoms with Crippen LogP contribution in [0.1, 0.15) is 62.3 Å². The molecule has 0 unspecified atom stereocenters. The summed E-state index contributed by atoms with van der Waals surface area (Å²) in [6.45, 7) is 14.7. The van der Waals surface area contributed by atoms with Gasteiger partial charge in [-0.2, -0.15) is 0 Å². The van der Waals surface area contributed by atoms with Crippen molar-refractivity contribution in [1.29, 1.82) is 0 Å². The molecule has 68 valence electrons. The molecule has 0 aromatic heterocycles. The van der Waals surface area contributed by atoms with E-state index in [0.717, 1.165) is 5.92 Å². The molecular weight excluding hydrogens is 120 g/mol. The first-order valence-electron chi connectivity index (χ1n) is 4.15. The molecule has 0 rings (SSSR count). The molecular formula is C10H28. The van der Waals surface area contributed by atoms with Crippen molar-refractivity contribution >= 4 is 0 Å². The zero-order chi connectivity index (χ0) is 8.28. The van der Waals surface area contributed by atoms with E-state index in [0.29, 0.717) is 0 Å². The maximum atomic E-state index is 2.17. The van der Waals surface area contributed by atoms with E-state index in [1.807, 2.05) is 13.8 Å². The van der Waals surface area contributed by atoms with Crippen molar-refractivity contribution in [3.8, 4) is 0 Å². The quantitative estimate of drug-likeness (QED) is 0.465. The van der Waals surface area contributed by atoms with E-state index in [9.17, 15) is 0 Å². The van der Waals surface area contributed by atoms with Gasteiger partial charge in [0.15, 0.2) is 0 Å². The standard InChI is InChI=1S/C4H10.C3H8.C2H6.CH4/c1-4(2)3;1-3-2;1-2;/h4H,1-3H3;3H2,1-2H3;1-2H3;1H4. The van der Waals surface area contributed by atoms with Crippen LogP contribution in [0.15, 0.2) is 0 Å². The molecule has 0 aromatic rings. The van der Waals surface area contributed by atoms with Crippen LogP contribution in [-0.4, -0.2) is 0 Å². The fourth-order valence-electron chi connectivity index (χ4n) is 0. The highest BCUT2D eigenvalue weighted by atomic mass is 13.7. The van der Waals surface area contributed by atoms with Gasteiger partial charge in [0.05, 0.1) is 0 Å². The molecule has 0 saturated carbocycles. The summed E-state index contributed by atoms with van der Waals surface area (Å²) < 4.78 is 0. The third kappa shape index (κ3) is 0. The molecule has 0 heterocycles. The Morgan fingerprint density at radius 2 is 0.900 bits per heavy atom. The molecule has 0 aliphatic heterocycles. The molecule has 0 atom stereocenters. The van der Waals surface area contributed by atoms with E-state index in [1.54, 1.807) is 0 Å². The zero-order valence-corrected chi connectivity index (χ0v) is 8.28. The van der Waals surface area contributed by atoms with Crippen molar-refractivity contribution < 1.29 is 0 Å². The first-order valence-corrected chi connectivity index (χ1v) is 4.15. The Morgan fingerprint density at radius 3 is 0.900 bits per heavy atom. The van der Waals surface area contributed by atoms with Gasteiger partial charge in [0.25, 0.3) is 0 Å². The topological polar surface area (TPSA) is 0 Å². The SMILES string of the molecule is C.CC.CC(C)C.CCC. The highest BCUT2D eigenvalue weighted by molar-refractivity contribution is 4.20. The van der Waals surface area contributed by atoms with Crippen LogP contribution in [-0.2, 0) is 0 Å². The van der Waals surface area contributed by atoms with E-state index in [-0.39, 0.29) is 7.43 Å². The van der Waals surface area contributed by atoms with Gasteiger partial charge < -0.3 is 0 Å². The fourth-order valence-corrected chi connectivity index (χ4v) is 0. The van der Waals surface area contributed by atoms with Crippen molar-refractivity contribution in [1.82, 2.24) is 0 Å². The van der Waals surface area contributed by atoms with Crippen LogP contribution in [0, 0.1) is 5.92 Å². The van der Waals surface area contributed by atoms with Gasteiger partial charge in [-0.25, -0.2) is 0 Å². The van der Waals surface area contributed by atoms with Gasteiger partial charge in [0, 0.05) is 0 Å². The molecule has 0 spiro atoms. The number of hydrogen-bond donors (Lipinski definition) is 0. The lowest BCUT2D eigenvalue weighted by Crippen LogP contribution is -1.66. The molecule has 0 N–H and O–H groups in total. The van der Waals surface area contributed by atoms with Gasteiger partial charge in [0.2, 0.25) is 0 Å². The monoisotopic (exact) mass is 148 g/mol. The molecule has 0 nitrogen and oxygen atoms in total. The summed E-state index contributed by atoms with van der Waals surface area (Å²) in [5, 5.41) is 0. The van der Waals surface area contributed by atoms with Crippen molar-refractivity contribution in [2.45, 2.75) is 62.3 Å². The Kier molecular flexibility index (Phi) is 81.0. The van der Waals surface area contributed by atoms with Crippen molar-refractivity contribution in [3.63, 3.8) is 0 Å². The summed E-state index contributed by atoms with van der Waals surface area (Å²) in [6, 6.07) is 0. The van der Waals surface area contributed by atoms with Gasteiger partial charge >= 0.3 is 0 Å². The predicted octanol–water partition coefficient (Wildman–Crippen LogP) is 4.74. The van der Waals surface area contributed by atoms with Crippen LogP contribution in [0.5, 0.6) is 0 Å². The Morgan fingerprint density at radius 1 is 0.900 bits per heavy atom. The smallest absolute Gasteiger partial charge is 0.0500 e. The molecule has 10 heavy (non-hydrogen) atoms. The van der Waals surface area contributed by atoms with E-state index >= 15 is 0 Å². The third-order valence-electron chi connectivity index (χ3n) is 0. The average Bonchev–Trinajstić information content (AvgIpc) is 1.71. The van der Waals surface area contributed by atoms with Gasteiger partial charge in [0.1, 0.15) is 0 Å². The van der Waals surface area contributed by atoms with E-state index in [1.165, 1.54) is 6.42 Å². The van der Waals surface area contributed by atoms with Crippen LogP contribution >= 0.6 is 0 Å². The first kappa shape index (κ1) is 22.5. The van der Waals surface area contributed by atoms with Crippen LogP contribution in [0.4, 0.5) is 0 Å². The lowest BCUT2D eigenvalue weighted by Gasteiger charge is -1.79. The molecule has 0 aliphatic carbocycles. The molecule has 0 heteroatoms. The largest absolute Gasteiger partial charge is 0.0776 e. The van der Waals surface area contributed by atoms with E-state index in [4.69, 9.17) is 0 Å². The van der Waals surface area contributed by atoms with Crippen LogP contribution in [0.25, 0.3) is 0 Å². The second-order valence-electron chi connectivity index (χ2n) is 2.44. The summed E-state index contributed by atoms with van der Waals surface area (Å²) in [7, 11) is 0. The summed E-state index contributed by atoms with van der Waals surface area (Å²) in [4.78, 5) is 0. The Balaban J connectivity index is -0.0000000273. The molecule has 0 amide bonds. The minimum absolute atomic E-state index is 0. The third-order valence-corrected chi connectivity index (χ3v) is 0. The summed E-state index contributed by atoms with van der Waals surface area (Å²) >= 11 is 0. The predicted molar refractivity (Wildman–Crippen MR) is 54.6 cm³/mol. The van der Waals surface area contributed by atoms with E-state index < -0.39 is 0 Å². The average molecular weight is 148 g/mol. The van der Waals surface area contributed by atoms with Crippen LogP contribution < -0.4 is 0 Å². The maximum Gasteiger partial charge on any atom is -0.0500 e. The first-order chi connectivity index (χ1) is 4.15. The molecule has 0 radical (unpaired) electrons. The molecule has 0 aliphatic rings. The van der Waals surface area contributed by atoms with Crippen molar-refractivity contribution in [2.75, 3.05) is 0 Å². The second-order valence-corrected chi connectivity index (χ2v) is 2.44. The maximum absolute atomic E-state index is 2.17. The fraction of sp³-hybridized carbons (Fsp3) is 1.00. The molecule has 0 aromatic carbocycles. The van der Waals surface area contributed by atoms with Crippen LogP contribution in [0.2, 0.25) is 0 Å². The Hall–Kier alpha value is 0. The van der Waals surface area contributed by atoms with Crippen molar-refractivity contribution in [2.24, 2.45) is 5.92 Å². The minimum Gasteiger partial charge on any atom is -0.0776 e. The van der Waals surface area contributed by atoms with Gasteiger partial charge in [-0.1, -0.05) is 62.3 Å². The summed E-state index contributed by atoms with van der Waals surface area (Å²) in [6.07, 6.45) is 1.25. The molecule has 0 saturated heterocycles. The Labute approximate surface area is 69.0 Å². The van der Waals surface area contributed by atoms with Gasteiger partial charge in [-0.15, -0.1) is 0 Å². The lowest BCUT2D eigenvalue weighted by molar-refractivity contribution is 0.737. The van der Waals surface area contributed by atoms with Crippen molar-refractivity contribution in [3.05, 3.63) is 0 Å². The molecule has 0 bridgehead atoms. The number of hydrogen-bond acceptors (Lipinski definition) is 0. The normalized spacial score (nSPS) is 6.00. The van der Waals surface area contributed by atoms with E-state index in [2.05, 4.69) is 34.6 Å². The number of rotatable bonds is 0. The summed E-state index contributed by atoms with van der Waals surface area (Å²) in [5.74, 6) is 0.833. The lowest BCUT2D eigenvalue weighted by atomic mass is 10.3.